The first kappa shape index (κ1) is 34.1. The Morgan fingerprint density at radius 2 is 1.74 bits per heavy atom. The lowest BCUT2D eigenvalue weighted by Crippen LogP contribution is -2.63. The van der Waals surface area contributed by atoms with Crippen molar-refractivity contribution in [1.82, 2.24) is 9.62 Å². The molecule has 9 nitrogen and oxygen atoms in total. The number of rotatable bonds is 11. The largest absolute Gasteiger partial charge is 0.445 e. The highest BCUT2D eigenvalue weighted by Crippen LogP contribution is 2.45. The lowest BCUT2D eigenvalue weighted by Gasteiger charge is -2.42. The van der Waals surface area contributed by atoms with Crippen LogP contribution >= 0.6 is 0 Å². The van der Waals surface area contributed by atoms with Crippen LogP contribution < -0.4 is 9.61 Å². The molecule has 1 saturated heterocycles. The van der Waals surface area contributed by atoms with E-state index in [0.717, 1.165) is 17.0 Å². The van der Waals surface area contributed by atoms with Gasteiger partial charge in [0.2, 0.25) is 20.8 Å². The van der Waals surface area contributed by atoms with Gasteiger partial charge < -0.3 is 9.64 Å². The smallest absolute Gasteiger partial charge is 0.410 e. The molecule has 3 aromatic rings. The zero-order chi connectivity index (χ0) is 33.9. The fourth-order valence-corrected chi connectivity index (χ4v) is 6.79. The van der Waals surface area contributed by atoms with Crippen LogP contribution in [0.1, 0.15) is 43.7 Å². The third-order valence-electron chi connectivity index (χ3n) is 8.02. The first-order valence-corrected chi connectivity index (χ1v) is 16.3. The predicted molar refractivity (Wildman–Crippen MR) is 158 cm³/mol. The molecule has 3 atom stereocenters. The molecular weight excluding hydrogens is 651 g/mol. The second-order valence-corrected chi connectivity index (χ2v) is 13.2. The number of hydrogen-bond donors (Lipinski definition) is 1. The van der Waals surface area contributed by atoms with Gasteiger partial charge in [-0.2, -0.15) is 0 Å². The van der Waals surface area contributed by atoms with E-state index in [0.29, 0.717) is 11.6 Å². The van der Waals surface area contributed by atoms with E-state index in [4.69, 9.17) is 9.62 Å². The number of carbonyl (C=O) groups excluding carboxylic acids is 2. The monoisotopic (exact) mass is 682 g/mol. The maximum absolute atomic E-state index is 16.2. The molecular formula is C32H31F5N2O7S. The van der Waals surface area contributed by atoms with Gasteiger partial charge in [-0.15, -0.1) is 0 Å². The van der Waals surface area contributed by atoms with Gasteiger partial charge in [0, 0.05) is 43.0 Å². The van der Waals surface area contributed by atoms with Gasteiger partial charge in [-0.05, 0) is 30.0 Å². The molecule has 2 aliphatic rings. The molecule has 1 aliphatic heterocycles. The highest BCUT2D eigenvalue weighted by molar-refractivity contribution is 7.91. The number of ether oxygens (including phenoxy) is 1. The molecule has 47 heavy (non-hydrogen) atoms. The van der Waals surface area contributed by atoms with Gasteiger partial charge in [-0.3, -0.25) is 9.78 Å². The molecule has 1 heterocycles. The van der Waals surface area contributed by atoms with Gasteiger partial charge >= 0.3 is 12.1 Å². The van der Waals surface area contributed by atoms with E-state index in [1.165, 1.54) is 19.1 Å². The fraction of sp³-hybridized carbons (Fsp3) is 0.375. The van der Waals surface area contributed by atoms with Crippen molar-refractivity contribution in [1.29, 1.82) is 0 Å². The van der Waals surface area contributed by atoms with Crippen molar-refractivity contribution < 1.29 is 54.5 Å². The number of hydrogen-bond acceptors (Lipinski definition) is 7. The molecule has 0 radical (unpaired) electrons. The molecule has 252 valence electrons. The van der Waals surface area contributed by atoms with Crippen LogP contribution in [0.2, 0.25) is 0 Å². The fourth-order valence-electron chi connectivity index (χ4n) is 5.28. The van der Waals surface area contributed by atoms with E-state index in [2.05, 4.69) is 9.61 Å². The Morgan fingerprint density at radius 1 is 1.02 bits per heavy atom. The van der Waals surface area contributed by atoms with E-state index in [-0.39, 0.29) is 44.4 Å². The highest BCUT2D eigenvalue weighted by Gasteiger charge is 2.58. The molecule has 3 aromatic carbocycles. The Bertz CT molecular complexity index is 1740. The summed E-state index contributed by atoms with van der Waals surface area (Å²) in [5, 5.41) is -2.60. The summed E-state index contributed by atoms with van der Waals surface area (Å²) in [6, 6.07) is 10.4. The van der Waals surface area contributed by atoms with Crippen LogP contribution in [-0.4, -0.2) is 55.2 Å². The maximum Gasteiger partial charge on any atom is 0.410 e. The molecule has 5 rings (SSSR count). The summed E-state index contributed by atoms with van der Waals surface area (Å²) >= 11 is 0. The number of amides is 1. The van der Waals surface area contributed by atoms with Gasteiger partial charge in [0.15, 0.2) is 5.82 Å². The van der Waals surface area contributed by atoms with E-state index < -0.39 is 86.1 Å². The number of alkyl halides is 2. The van der Waals surface area contributed by atoms with Gasteiger partial charge in [0.1, 0.15) is 24.4 Å². The zero-order valence-electron chi connectivity index (χ0n) is 25.1. The summed E-state index contributed by atoms with van der Waals surface area (Å²) in [4.78, 5) is 35.4. The standard InChI is InChI=1S/C32H31F5N2O7S/c1-2-27(40)45-46-30-23(16-21(33)17-25(30)35)22-10-6-9-20(28(22)36)15-26-29(38-47(42,43)32(37)12-13-32)24(34)11-14-39(26)31(41)44-18-19-7-4-3-5-8-19/h3-10,16-17,24,26,29,38H,2,11-15,18H2,1H3/t24-,26-,29-/m0/s1. The average Bonchev–Trinajstić information content (AvgIpc) is 3.81. The Kier molecular flexibility index (Phi) is 10.1. The van der Waals surface area contributed by atoms with Crippen molar-refractivity contribution in [2.24, 2.45) is 0 Å². The lowest BCUT2D eigenvalue weighted by atomic mass is 9.89. The Labute approximate surface area is 267 Å². The predicted octanol–water partition coefficient (Wildman–Crippen LogP) is 6.06. The third kappa shape index (κ3) is 7.51. The summed E-state index contributed by atoms with van der Waals surface area (Å²) < 4.78 is 109. The van der Waals surface area contributed by atoms with Crippen molar-refractivity contribution in [3.8, 4) is 16.9 Å². The van der Waals surface area contributed by atoms with E-state index in [1.807, 2.05) is 0 Å². The molecule has 0 aromatic heterocycles. The second-order valence-electron chi connectivity index (χ2n) is 11.3. The van der Waals surface area contributed by atoms with Crippen molar-refractivity contribution in [3.05, 3.63) is 89.2 Å². The molecule has 15 heteroatoms. The van der Waals surface area contributed by atoms with Crippen LogP contribution in [0, 0.1) is 17.5 Å². The SMILES string of the molecule is CCC(=O)OOc1c(F)cc(F)cc1-c1cccc(C[C@H]2[C@@H](NS(=O)(=O)C3(F)CC3)[C@@H](F)CCN2C(=O)OCc2ccccc2)c1F. The number of nitrogens with one attached hydrogen (secondary N) is 1. The van der Waals surface area contributed by atoms with Gasteiger partial charge in [0.05, 0.1) is 12.1 Å². The molecule has 1 N–H and O–H groups in total. The van der Waals surface area contributed by atoms with Crippen molar-refractivity contribution in [2.75, 3.05) is 6.54 Å². The number of halogens is 5. The Morgan fingerprint density at radius 3 is 2.43 bits per heavy atom. The molecule has 2 fully saturated rings. The van der Waals surface area contributed by atoms with Gasteiger partial charge in [-0.25, -0.2) is 44.7 Å². The normalized spacial score (nSPS) is 20.4. The quantitative estimate of drug-likeness (QED) is 0.149. The lowest BCUT2D eigenvalue weighted by molar-refractivity contribution is -0.214. The van der Waals surface area contributed by atoms with Crippen LogP contribution in [0.4, 0.5) is 26.7 Å². The van der Waals surface area contributed by atoms with Gasteiger partial charge in [0.25, 0.3) is 0 Å². The summed E-state index contributed by atoms with van der Waals surface area (Å²) in [6.07, 6.45) is -4.42. The first-order chi connectivity index (χ1) is 22.3. The van der Waals surface area contributed by atoms with E-state index >= 15 is 8.78 Å². The molecule has 1 amide bonds. The Hall–Kier alpha value is -4.24. The molecule has 1 saturated carbocycles. The summed E-state index contributed by atoms with van der Waals surface area (Å²) in [7, 11) is -4.71. The van der Waals surface area contributed by atoms with Crippen molar-refractivity contribution in [3.63, 3.8) is 0 Å². The average molecular weight is 683 g/mol. The Balaban J connectivity index is 1.50. The number of nitrogens with zero attached hydrogens (tertiary/aromatic N) is 1. The second kappa shape index (κ2) is 13.9. The molecule has 1 aliphatic carbocycles. The highest BCUT2D eigenvalue weighted by atomic mass is 32.2. The molecule has 0 unspecified atom stereocenters. The van der Waals surface area contributed by atoms with E-state index in [1.54, 1.807) is 30.3 Å². The van der Waals surface area contributed by atoms with Crippen LogP contribution in [0.3, 0.4) is 0 Å². The van der Waals surface area contributed by atoms with Crippen molar-refractivity contribution in [2.45, 2.75) is 68.9 Å². The number of carbonyl (C=O) groups is 2. The molecule has 0 spiro atoms. The van der Waals surface area contributed by atoms with Crippen LogP contribution in [0.5, 0.6) is 5.75 Å². The van der Waals surface area contributed by atoms with Gasteiger partial charge in [-0.1, -0.05) is 55.5 Å². The maximum atomic E-state index is 16.2. The zero-order valence-corrected chi connectivity index (χ0v) is 25.9. The topological polar surface area (TPSA) is 111 Å². The third-order valence-corrected chi connectivity index (χ3v) is 9.97. The number of sulfonamides is 1. The minimum atomic E-state index is -4.71. The van der Waals surface area contributed by atoms with Crippen molar-refractivity contribution >= 4 is 22.1 Å². The molecule has 0 bridgehead atoms. The minimum Gasteiger partial charge on any atom is -0.445 e. The summed E-state index contributed by atoms with van der Waals surface area (Å²) in [5.41, 5.74) is -0.463. The van der Waals surface area contributed by atoms with Crippen LogP contribution in [0.15, 0.2) is 60.7 Å². The summed E-state index contributed by atoms with van der Waals surface area (Å²) in [5.74, 6) is -5.16. The number of piperidine rings is 1. The van der Waals surface area contributed by atoms with E-state index in [9.17, 15) is 31.2 Å². The minimum absolute atomic E-state index is 0.141. The van der Waals surface area contributed by atoms with Crippen LogP contribution in [-0.2, 0) is 37.5 Å². The summed E-state index contributed by atoms with van der Waals surface area (Å²) in [6.45, 7) is 1.03. The first-order valence-electron chi connectivity index (χ1n) is 14.8. The number of likely N-dealkylation sites (tertiary alicyclic amines) is 1. The number of benzene rings is 3. The van der Waals surface area contributed by atoms with Crippen LogP contribution in [0.25, 0.3) is 11.1 Å².